The van der Waals surface area contributed by atoms with Crippen LogP contribution < -0.4 is 9.62 Å². The van der Waals surface area contributed by atoms with E-state index in [1.807, 2.05) is 6.92 Å². The zero-order valence-electron chi connectivity index (χ0n) is 19.9. The van der Waals surface area contributed by atoms with E-state index < -0.39 is 32.0 Å². The summed E-state index contributed by atoms with van der Waals surface area (Å²) >= 11 is 0. The molecule has 0 aromatic heterocycles. The Morgan fingerprint density at radius 2 is 1.50 bits per heavy atom. The molecule has 1 atom stereocenters. The van der Waals surface area contributed by atoms with Crippen LogP contribution in [0.1, 0.15) is 44.6 Å². The lowest BCUT2D eigenvalue weighted by atomic mass is 10.1. The average Bonchev–Trinajstić information content (AvgIpc) is 3.08. The molecule has 1 aliphatic heterocycles. The van der Waals surface area contributed by atoms with E-state index in [0.717, 1.165) is 41.8 Å². The van der Waals surface area contributed by atoms with Crippen LogP contribution in [0.15, 0.2) is 53.4 Å². The van der Waals surface area contributed by atoms with Crippen molar-refractivity contribution in [3.05, 3.63) is 54.1 Å². The molecule has 0 aliphatic carbocycles. The summed E-state index contributed by atoms with van der Waals surface area (Å²) in [7, 11) is -7.32. The van der Waals surface area contributed by atoms with Crippen molar-refractivity contribution < 1.29 is 21.6 Å². The number of benzene rings is 2. The number of rotatable bonds is 8. The quantitative estimate of drug-likeness (QED) is 0.586. The van der Waals surface area contributed by atoms with E-state index in [4.69, 9.17) is 0 Å². The molecular weight excluding hydrogens is 474 g/mol. The second-order valence-corrected chi connectivity index (χ2v) is 12.4. The van der Waals surface area contributed by atoms with Gasteiger partial charge in [-0.1, -0.05) is 37.5 Å². The molecule has 8 nitrogen and oxygen atoms in total. The SMILES string of the molecule is CC[C@H](C(=O)Nc1ccc(S(=O)(=O)N2CCCCCC2)cc1)N(c1ccc(C)cc1)S(C)(=O)=O. The van der Waals surface area contributed by atoms with Crippen molar-refractivity contribution >= 4 is 37.3 Å². The topological polar surface area (TPSA) is 104 Å². The summed E-state index contributed by atoms with van der Waals surface area (Å²) in [6.07, 6.45) is 5.10. The van der Waals surface area contributed by atoms with Crippen LogP contribution in [0.25, 0.3) is 0 Å². The van der Waals surface area contributed by atoms with Gasteiger partial charge in [-0.15, -0.1) is 0 Å². The molecule has 1 aliphatic rings. The van der Waals surface area contributed by atoms with Crippen LogP contribution in [0, 0.1) is 6.92 Å². The second kappa shape index (κ2) is 10.9. The molecule has 0 bridgehead atoms. The predicted molar refractivity (Wildman–Crippen MR) is 135 cm³/mol. The fraction of sp³-hybridized carbons (Fsp3) is 0.458. The number of nitrogens with one attached hydrogen (secondary N) is 1. The number of nitrogens with zero attached hydrogens (tertiary/aromatic N) is 2. The summed E-state index contributed by atoms with van der Waals surface area (Å²) in [5, 5.41) is 2.74. The lowest BCUT2D eigenvalue weighted by Crippen LogP contribution is -2.47. The average molecular weight is 508 g/mol. The van der Waals surface area contributed by atoms with Gasteiger partial charge in [0.2, 0.25) is 26.0 Å². The van der Waals surface area contributed by atoms with Crippen molar-refractivity contribution in [2.45, 2.75) is 56.9 Å². The highest BCUT2D eigenvalue weighted by Crippen LogP contribution is 2.25. The Hall–Kier alpha value is -2.43. The second-order valence-electron chi connectivity index (χ2n) is 8.65. The molecule has 186 valence electrons. The molecule has 1 N–H and O–H groups in total. The van der Waals surface area contributed by atoms with Gasteiger partial charge in [-0.05, 0) is 62.6 Å². The van der Waals surface area contributed by atoms with Crippen LogP contribution in [0.3, 0.4) is 0 Å². The molecule has 0 radical (unpaired) electrons. The molecule has 0 spiro atoms. The Bertz CT molecular complexity index is 1190. The molecular formula is C24H33N3O5S2. The summed E-state index contributed by atoms with van der Waals surface area (Å²) < 4.78 is 53.7. The zero-order valence-corrected chi connectivity index (χ0v) is 21.5. The van der Waals surface area contributed by atoms with E-state index in [2.05, 4.69) is 5.32 Å². The number of aryl methyl sites for hydroxylation is 1. The van der Waals surface area contributed by atoms with Gasteiger partial charge >= 0.3 is 0 Å². The standard InChI is InChI=1S/C24H33N3O5S2/c1-4-23(27(33(3,29)30)21-13-9-19(2)10-14-21)24(28)25-20-11-15-22(16-12-20)34(31,32)26-17-7-5-6-8-18-26/h9-16,23H,4-8,17-18H2,1-3H3,(H,25,28)/t23-/m1/s1. The van der Waals surface area contributed by atoms with Crippen LogP contribution in [-0.2, 0) is 24.8 Å². The van der Waals surface area contributed by atoms with Crippen LogP contribution >= 0.6 is 0 Å². The van der Waals surface area contributed by atoms with E-state index in [9.17, 15) is 21.6 Å². The first-order valence-electron chi connectivity index (χ1n) is 11.5. The highest BCUT2D eigenvalue weighted by Gasteiger charge is 2.32. The lowest BCUT2D eigenvalue weighted by Gasteiger charge is -2.30. The van der Waals surface area contributed by atoms with Crippen molar-refractivity contribution in [2.75, 3.05) is 29.0 Å². The van der Waals surface area contributed by atoms with Crippen LogP contribution in [-0.4, -0.2) is 52.4 Å². The third-order valence-electron chi connectivity index (χ3n) is 5.94. The minimum absolute atomic E-state index is 0.178. The number of carbonyl (C=O) groups is 1. The smallest absolute Gasteiger partial charge is 0.248 e. The first-order chi connectivity index (χ1) is 16.0. The van der Waals surface area contributed by atoms with Crippen molar-refractivity contribution in [1.82, 2.24) is 4.31 Å². The van der Waals surface area contributed by atoms with Crippen molar-refractivity contribution in [3.8, 4) is 0 Å². The number of sulfonamides is 2. The number of anilines is 2. The van der Waals surface area contributed by atoms with Gasteiger partial charge in [0.15, 0.2) is 0 Å². The van der Waals surface area contributed by atoms with Gasteiger partial charge in [-0.3, -0.25) is 9.10 Å². The fourth-order valence-electron chi connectivity index (χ4n) is 4.12. The van der Waals surface area contributed by atoms with Crippen molar-refractivity contribution in [1.29, 1.82) is 0 Å². The minimum Gasteiger partial charge on any atom is -0.324 e. The van der Waals surface area contributed by atoms with E-state index in [1.54, 1.807) is 31.2 Å². The maximum atomic E-state index is 13.1. The van der Waals surface area contributed by atoms with E-state index >= 15 is 0 Å². The highest BCUT2D eigenvalue weighted by atomic mass is 32.2. The lowest BCUT2D eigenvalue weighted by molar-refractivity contribution is -0.117. The maximum Gasteiger partial charge on any atom is 0.248 e. The third kappa shape index (κ3) is 6.17. The first kappa shape index (κ1) is 26.2. The molecule has 1 amide bonds. The Morgan fingerprint density at radius 1 is 0.941 bits per heavy atom. The summed E-state index contributed by atoms with van der Waals surface area (Å²) in [6.45, 7) is 4.67. The molecule has 0 unspecified atom stereocenters. The van der Waals surface area contributed by atoms with Gasteiger partial charge in [0.25, 0.3) is 0 Å². The van der Waals surface area contributed by atoms with Gasteiger partial charge < -0.3 is 5.32 Å². The van der Waals surface area contributed by atoms with Crippen LogP contribution in [0.2, 0.25) is 0 Å². The molecule has 10 heteroatoms. The van der Waals surface area contributed by atoms with E-state index in [-0.39, 0.29) is 11.3 Å². The van der Waals surface area contributed by atoms with Crippen LogP contribution in [0.5, 0.6) is 0 Å². The third-order valence-corrected chi connectivity index (χ3v) is 9.04. The molecule has 0 saturated carbocycles. The number of hydrogen-bond donors (Lipinski definition) is 1. The fourth-order valence-corrected chi connectivity index (χ4v) is 6.85. The first-order valence-corrected chi connectivity index (χ1v) is 14.8. The molecule has 1 fully saturated rings. The Labute approximate surface area is 203 Å². The summed E-state index contributed by atoms with van der Waals surface area (Å²) in [4.78, 5) is 13.3. The highest BCUT2D eigenvalue weighted by molar-refractivity contribution is 7.92. The molecule has 2 aromatic carbocycles. The number of carbonyl (C=O) groups excluding carboxylic acids is 1. The van der Waals surface area contributed by atoms with Crippen molar-refractivity contribution in [3.63, 3.8) is 0 Å². The van der Waals surface area contributed by atoms with Crippen LogP contribution in [0.4, 0.5) is 11.4 Å². The normalized spacial score (nSPS) is 16.4. The predicted octanol–water partition coefficient (Wildman–Crippen LogP) is 3.74. The summed E-state index contributed by atoms with van der Waals surface area (Å²) in [5.41, 5.74) is 1.79. The van der Waals surface area contributed by atoms with Gasteiger partial charge in [0.05, 0.1) is 16.8 Å². The Balaban J connectivity index is 1.79. The zero-order chi connectivity index (χ0) is 24.9. The molecule has 3 rings (SSSR count). The molecule has 2 aromatic rings. The van der Waals surface area contributed by atoms with Crippen molar-refractivity contribution in [2.24, 2.45) is 0 Å². The monoisotopic (exact) mass is 507 g/mol. The van der Waals surface area contributed by atoms with E-state index in [1.165, 1.54) is 28.6 Å². The summed E-state index contributed by atoms with van der Waals surface area (Å²) in [5.74, 6) is -0.489. The molecule has 1 saturated heterocycles. The maximum absolute atomic E-state index is 13.1. The number of hydrogen-bond acceptors (Lipinski definition) is 5. The Kier molecular flexibility index (Phi) is 8.38. The summed E-state index contributed by atoms with van der Waals surface area (Å²) in [6, 6.07) is 12.0. The Morgan fingerprint density at radius 3 is 2.00 bits per heavy atom. The molecule has 34 heavy (non-hydrogen) atoms. The minimum atomic E-state index is -3.73. The molecule has 1 heterocycles. The van der Waals surface area contributed by atoms with E-state index in [0.29, 0.717) is 24.5 Å². The largest absolute Gasteiger partial charge is 0.324 e. The number of amides is 1. The van der Waals surface area contributed by atoms with Gasteiger partial charge in [-0.2, -0.15) is 4.31 Å². The van der Waals surface area contributed by atoms with Gasteiger partial charge in [0.1, 0.15) is 6.04 Å². The van der Waals surface area contributed by atoms with Gasteiger partial charge in [0, 0.05) is 18.8 Å². The van der Waals surface area contributed by atoms with Gasteiger partial charge in [-0.25, -0.2) is 16.8 Å².